The number of rotatable bonds is 1. The fourth-order valence-electron chi connectivity index (χ4n) is 1.39. The molecular weight excluding hydrogens is 222 g/mol. The van der Waals surface area contributed by atoms with E-state index in [9.17, 15) is 8.78 Å². The third-order valence-corrected chi connectivity index (χ3v) is 3.38. The van der Waals surface area contributed by atoms with Crippen molar-refractivity contribution < 1.29 is 8.78 Å². The largest absolute Gasteiger partial charge is 0.263 e. The van der Waals surface area contributed by atoms with E-state index >= 15 is 0 Å². The van der Waals surface area contributed by atoms with Crippen LogP contribution in [0.15, 0.2) is 23.1 Å². The van der Waals surface area contributed by atoms with Crippen molar-refractivity contribution >= 4 is 34.1 Å². The third kappa shape index (κ3) is 1.64. The molecule has 0 amide bonds. The Balaban J connectivity index is 2.71. The summed E-state index contributed by atoms with van der Waals surface area (Å²) >= 11 is 5.72. The maximum absolute atomic E-state index is 12.5. The highest BCUT2D eigenvalue weighted by Crippen LogP contribution is 2.34. The van der Waals surface area contributed by atoms with Gasteiger partial charge >= 0.3 is 0 Å². The standard InChI is InChI=1S/C10H8F2S2/c1-5-2-7-8(13)3-6(10(11)12)4-9(7)14-5/h2-4,10,13H,1H3. The lowest BCUT2D eigenvalue weighted by atomic mass is 10.2. The van der Waals surface area contributed by atoms with E-state index in [1.807, 2.05) is 13.0 Å². The Labute approximate surface area is 90.0 Å². The zero-order valence-corrected chi connectivity index (χ0v) is 9.13. The second-order valence-corrected chi connectivity index (χ2v) is 4.88. The maximum Gasteiger partial charge on any atom is 0.263 e. The minimum absolute atomic E-state index is 0.0457. The number of hydrogen-bond acceptors (Lipinski definition) is 2. The van der Waals surface area contributed by atoms with E-state index < -0.39 is 6.43 Å². The summed E-state index contributed by atoms with van der Waals surface area (Å²) in [5, 5.41) is 0.959. The van der Waals surface area contributed by atoms with Crippen LogP contribution >= 0.6 is 24.0 Å². The zero-order valence-electron chi connectivity index (χ0n) is 7.42. The molecule has 0 aliphatic heterocycles. The van der Waals surface area contributed by atoms with Crippen LogP contribution in [0.3, 0.4) is 0 Å². The quantitative estimate of drug-likeness (QED) is 0.688. The van der Waals surface area contributed by atoms with Crippen LogP contribution in [-0.4, -0.2) is 0 Å². The summed E-state index contributed by atoms with van der Waals surface area (Å²) in [4.78, 5) is 1.74. The number of alkyl halides is 2. The smallest absolute Gasteiger partial charge is 0.205 e. The van der Waals surface area contributed by atoms with Crippen molar-refractivity contribution in [1.82, 2.24) is 0 Å². The predicted molar refractivity (Wildman–Crippen MR) is 58.8 cm³/mol. The van der Waals surface area contributed by atoms with Gasteiger partial charge in [-0.25, -0.2) is 8.78 Å². The maximum atomic E-state index is 12.5. The molecule has 0 aliphatic carbocycles. The second-order valence-electron chi connectivity index (χ2n) is 3.11. The molecule has 1 aromatic heterocycles. The predicted octanol–water partition coefficient (Wildman–Crippen LogP) is 4.44. The molecule has 0 radical (unpaired) electrons. The lowest BCUT2D eigenvalue weighted by molar-refractivity contribution is 0.151. The topological polar surface area (TPSA) is 0 Å². The fraction of sp³-hybridized carbons (Fsp3) is 0.200. The summed E-state index contributed by atoms with van der Waals surface area (Å²) in [6.07, 6.45) is -2.42. The van der Waals surface area contributed by atoms with E-state index in [0.29, 0.717) is 4.90 Å². The molecule has 0 unspecified atom stereocenters. The molecule has 0 saturated heterocycles. The van der Waals surface area contributed by atoms with E-state index in [1.165, 1.54) is 23.5 Å². The van der Waals surface area contributed by atoms with Crippen molar-refractivity contribution in [2.45, 2.75) is 18.2 Å². The number of halogens is 2. The molecule has 14 heavy (non-hydrogen) atoms. The molecule has 0 aliphatic rings. The van der Waals surface area contributed by atoms with Gasteiger partial charge in [-0.3, -0.25) is 0 Å². The van der Waals surface area contributed by atoms with Gasteiger partial charge in [0.25, 0.3) is 6.43 Å². The minimum Gasteiger partial charge on any atom is -0.205 e. The first-order valence-electron chi connectivity index (χ1n) is 4.09. The molecule has 2 rings (SSSR count). The number of hydrogen-bond donors (Lipinski definition) is 1. The molecule has 4 heteroatoms. The molecule has 1 aromatic carbocycles. The molecule has 1 heterocycles. The summed E-state index contributed by atoms with van der Waals surface area (Å²) in [5.74, 6) is 0. The highest BCUT2D eigenvalue weighted by atomic mass is 32.1. The summed E-state index contributed by atoms with van der Waals surface area (Å²) in [5.41, 5.74) is 0.0457. The van der Waals surface area contributed by atoms with Gasteiger partial charge < -0.3 is 0 Å². The first kappa shape index (κ1) is 9.93. The van der Waals surface area contributed by atoms with Gasteiger partial charge in [-0.15, -0.1) is 24.0 Å². The molecule has 0 N–H and O–H groups in total. The molecular formula is C10H8F2S2. The van der Waals surface area contributed by atoms with E-state index in [2.05, 4.69) is 12.6 Å². The highest BCUT2D eigenvalue weighted by Gasteiger charge is 2.11. The van der Waals surface area contributed by atoms with E-state index in [-0.39, 0.29) is 5.56 Å². The lowest BCUT2D eigenvalue weighted by Gasteiger charge is -2.01. The third-order valence-electron chi connectivity index (χ3n) is 2.01. The van der Waals surface area contributed by atoms with Crippen molar-refractivity contribution in [2.24, 2.45) is 0 Å². The Morgan fingerprint density at radius 1 is 1.29 bits per heavy atom. The molecule has 74 valence electrons. The average molecular weight is 230 g/mol. The van der Waals surface area contributed by atoms with Crippen LogP contribution < -0.4 is 0 Å². The summed E-state index contributed by atoms with van der Waals surface area (Å²) in [6.45, 7) is 1.96. The number of thiophene rings is 1. The normalized spacial score (nSPS) is 11.5. The first-order chi connectivity index (χ1) is 6.58. The Morgan fingerprint density at radius 3 is 2.64 bits per heavy atom. The van der Waals surface area contributed by atoms with Gasteiger partial charge in [0, 0.05) is 25.4 Å². The SMILES string of the molecule is Cc1cc2c(S)cc(C(F)F)cc2s1. The number of thiol groups is 1. The number of benzene rings is 1. The molecule has 0 bridgehead atoms. The van der Waals surface area contributed by atoms with Crippen molar-refractivity contribution in [2.75, 3.05) is 0 Å². The van der Waals surface area contributed by atoms with Crippen molar-refractivity contribution in [3.05, 3.63) is 28.6 Å². The number of fused-ring (bicyclic) bond motifs is 1. The van der Waals surface area contributed by atoms with E-state index in [4.69, 9.17) is 0 Å². The van der Waals surface area contributed by atoms with Crippen LogP contribution in [0.2, 0.25) is 0 Å². The summed E-state index contributed by atoms with van der Waals surface area (Å²) in [6, 6.07) is 4.94. The molecule has 0 fully saturated rings. The van der Waals surface area contributed by atoms with Gasteiger partial charge in [-0.1, -0.05) is 0 Å². The second kappa shape index (κ2) is 3.51. The van der Waals surface area contributed by atoms with Crippen LogP contribution in [0.25, 0.3) is 10.1 Å². The number of aryl methyl sites for hydroxylation is 1. The zero-order chi connectivity index (χ0) is 10.3. The average Bonchev–Trinajstić information content (AvgIpc) is 2.45. The monoisotopic (exact) mass is 230 g/mol. The van der Waals surface area contributed by atoms with E-state index in [1.54, 1.807) is 0 Å². The first-order valence-corrected chi connectivity index (χ1v) is 5.35. The van der Waals surface area contributed by atoms with Gasteiger partial charge in [0.1, 0.15) is 0 Å². The summed E-state index contributed by atoms with van der Waals surface area (Å²) < 4.78 is 25.8. The minimum atomic E-state index is -2.42. The van der Waals surface area contributed by atoms with Crippen LogP contribution in [-0.2, 0) is 0 Å². The fourth-order valence-corrected chi connectivity index (χ4v) is 2.80. The van der Waals surface area contributed by atoms with Crippen LogP contribution in [0.5, 0.6) is 0 Å². The van der Waals surface area contributed by atoms with Crippen LogP contribution in [0, 0.1) is 6.92 Å². The van der Waals surface area contributed by atoms with Gasteiger partial charge in [-0.05, 0) is 25.1 Å². The Morgan fingerprint density at radius 2 is 2.00 bits per heavy atom. The Bertz CT molecular complexity index is 474. The van der Waals surface area contributed by atoms with Gasteiger partial charge in [0.05, 0.1) is 0 Å². The molecule has 0 saturated carbocycles. The molecule has 0 atom stereocenters. The van der Waals surface area contributed by atoms with Gasteiger partial charge in [0.2, 0.25) is 0 Å². The molecule has 0 spiro atoms. The van der Waals surface area contributed by atoms with Crippen LogP contribution in [0.4, 0.5) is 8.78 Å². The van der Waals surface area contributed by atoms with Gasteiger partial charge in [-0.2, -0.15) is 0 Å². The lowest BCUT2D eigenvalue weighted by Crippen LogP contribution is -1.83. The van der Waals surface area contributed by atoms with Crippen molar-refractivity contribution in [3.63, 3.8) is 0 Å². The van der Waals surface area contributed by atoms with E-state index in [0.717, 1.165) is 15.0 Å². The highest BCUT2D eigenvalue weighted by molar-refractivity contribution is 7.80. The summed E-state index contributed by atoms with van der Waals surface area (Å²) in [7, 11) is 0. The molecule has 2 aromatic rings. The molecule has 0 nitrogen and oxygen atoms in total. The van der Waals surface area contributed by atoms with Crippen molar-refractivity contribution in [3.8, 4) is 0 Å². The van der Waals surface area contributed by atoms with Crippen LogP contribution in [0.1, 0.15) is 16.9 Å². The van der Waals surface area contributed by atoms with Gasteiger partial charge in [0.15, 0.2) is 0 Å². The van der Waals surface area contributed by atoms with Crippen molar-refractivity contribution in [1.29, 1.82) is 0 Å². The Kier molecular flexibility index (Phi) is 2.49. The Hall–Kier alpha value is -0.610.